The van der Waals surface area contributed by atoms with Crippen LogP contribution in [0.5, 0.6) is 5.75 Å². The molecule has 3 rings (SSSR count). The summed E-state index contributed by atoms with van der Waals surface area (Å²) in [6.07, 6.45) is 3.63. The van der Waals surface area contributed by atoms with Gasteiger partial charge in [0, 0.05) is 45.1 Å². The number of para-hydroxylation sites is 1. The number of nitrogens with zero attached hydrogens (tertiary/aromatic N) is 3. The number of ether oxygens (including phenoxy) is 1. The van der Waals surface area contributed by atoms with E-state index in [1.54, 1.807) is 7.11 Å². The Balaban J connectivity index is 1.59. The van der Waals surface area contributed by atoms with Gasteiger partial charge >= 0.3 is 0 Å². The summed E-state index contributed by atoms with van der Waals surface area (Å²) < 4.78 is 5.29. The first-order valence-electron chi connectivity index (χ1n) is 7.81. The van der Waals surface area contributed by atoms with E-state index in [2.05, 4.69) is 9.88 Å². The van der Waals surface area contributed by atoms with E-state index in [0.717, 1.165) is 32.7 Å². The normalized spacial score (nSPS) is 15.4. The molecule has 0 aliphatic carbocycles. The molecule has 120 valence electrons. The number of carbonyl (C=O) groups is 1. The number of methoxy groups -OCH3 is 1. The molecule has 2 aromatic rings. The third-order valence-electron chi connectivity index (χ3n) is 4.15. The number of pyridine rings is 1. The molecule has 2 heterocycles. The lowest BCUT2D eigenvalue weighted by Crippen LogP contribution is -2.48. The molecular formula is C18H21N3O2. The number of hydrogen-bond donors (Lipinski definition) is 0. The summed E-state index contributed by atoms with van der Waals surface area (Å²) in [7, 11) is 1.60. The Bertz CT molecular complexity index is 652. The summed E-state index contributed by atoms with van der Waals surface area (Å²) in [6, 6.07) is 11.5. The van der Waals surface area contributed by atoms with Crippen molar-refractivity contribution in [2.24, 2.45) is 0 Å². The number of hydrogen-bond acceptors (Lipinski definition) is 4. The van der Waals surface area contributed by atoms with E-state index in [4.69, 9.17) is 4.74 Å². The first kappa shape index (κ1) is 15.5. The summed E-state index contributed by atoms with van der Waals surface area (Å²) in [6.45, 7) is 4.13. The molecule has 5 heteroatoms. The first-order valence-corrected chi connectivity index (χ1v) is 7.81. The topological polar surface area (TPSA) is 45.7 Å². The van der Waals surface area contributed by atoms with Crippen molar-refractivity contribution in [3.63, 3.8) is 0 Å². The fourth-order valence-corrected chi connectivity index (χ4v) is 2.85. The summed E-state index contributed by atoms with van der Waals surface area (Å²) in [5.41, 5.74) is 1.89. The van der Waals surface area contributed by atoms with Crippen molar-refractivity contribution in [1.29, 1.82) is 0 Å². The average Bonchev–Trinajstić information content (AvgIpc) is 2.62. The third-order valence-corrected chi connectivity index (χ3v) is 4.15. The second-order valence-electron chi connectivity index (χ2n) is 5.62. The van der Waals surface area contributed by atoms with E-state index in [1.807, 2.05) is 53.7 Å². The van der Waals surface area contributed by atoms with E-state index in [0.29, 0.717) is 11.3 Å². The van der Waals surface area contributed by atoms with Gasteiger partial charge in [0.25, 0.3) is 5.91 Å². The summed E-state index contributed by atoms with van der Waals surface area (Å²) in [5.74, 6) is 0.683. The summed E-state index contributed by atoms with van der Waals surface area (Å²) >= 11 is 0. The van der Waals surface area contributed by atoms with Crippen LogP contribution in [0.2, 0.25) is 0 Å². The van der Waals surface area contributed by atoms with E-state index in [9.17, 15) is 4.79 Å². The second kappa shape index (κ2) is 7.24. The smallest absolute Gasteiger partial charge is 0.257 e. The Hall–Kier alpha value is -2.40. The average molecular weight is 311 g/mol. The van der Waals surface area contributed by atoms with Crippen molar-refractivity contribution in [3.8, 4) is 5.75 Å². The first-order chi connectivity index (χ1) is 11.3. The van der Waals surface area contributed by atoms with Gasteiger partial charge in [0.2, 0.25) is 0 Å². The zero-order valence-electron chi connectivity index (χ0n) is 13.3. The Kier molecular flexibility index (Phi) is 4.88. The highest BCUT2D eigenvalue weighted by Gasteiger charge is 2.23. The molecule has 0 unspecified atom stereocenters. The van der Waals surface area contributed by atoms with Gasteiger partial charge in [-0.05, 0) is 29.8 Å². The quantitative estimate of drug-likeness (QED) is 0.867. The zero-order valence-corrected chi connectivity index (χ0v) is 13.3. The Morgan fingerprint density at radius 1 is 1.09 bits per heavy atom. The number of benzene rings is 1. The monoisotopic (exact) mass is 311 g/mol. The van der Waals surface area contributed by atoms with Crippen LogP contribution in [0.1, 0.15) is 15.9 Å². The van der Waals surface area contributed by atoms with Gasteiger partial charge < -0.3 is 9.64 Å². The van der Waals surface area contributed by atoms with Crippen LogP contribution in [-0.4, -0.2) is 54.0 Å². The Labute approximate surface area is 136 Å². The molecule has 1 aromatic heterocycles. The molecule has 1 aliphatic rings. The largest absolute Gasteiger partial charge is 0.496 e. The summed E-state index contributed by atoms with van der Waals surface area (Å²) in [5, 5.41) is 0. The molecule has 1 amide bonds. The highest BCUT2D eigenvalue weighted by Crippen LogP contribution is 2.20. The fourth-order valence-electron chi connectivity index (χ4n) is 2.85. The highest BCUT2D eigenvalue weighted by molar-refractivity contribution is 5.97. The van der Waals surface area contributed by atoms with Crippen molar-refractivity contribution < 1.29 is 9.53 Å². The van der Waals surface area contributed by atoms with Gasteiger partial charge in [-0.1, -0.05) is 12.1 Å². The Morgan fingerprint density at radius 3 is 2.48 bits per heavy atom. The van der Waals surface area contributed by atoms with E-state index < -0.39 is 0 Å². The van der Waals surface area contributed by atoms with Crippen LogP contribution < -0.4 is 4.74 Å². The van der Waals surface area contributed by atoms with Crippen molar-refractivity contribution in [3.05, 3.63) is 59.9 Å². The molecule has 1 aromatic carbocycles. The van der Waals surface area contributed by atoms with Gasteiger partial charge in [-0.15, -0.1) is 0 Å². The van der Waals surface area contributed by atoms with Crippen LogP contribution in [0.25, 0.3) is 0 Å². The van der Waals surface area contributed by atoms with Crippen molar-refractivity contribution in [2.75, 3.05) is 33.3 Å². The van der Waals surface area contributed by atoms with Crippen molar-refractivity contribution >= 4 is 5.91 Å². The summed E-state index contributed by atoms with van der Waals surface area (Å²) in [4.78, 5) is 21.0. The van der Waals surface area contributed by atoms with Gasteiger partial charge in [0.05, 0.1) is 12.7 Å². The molecular weight excluding hydrogens is 290 g/mol. The molecule has 0 atom stereocenters. The van der Waals surface area contributed by atoms with Crippen LogP contribution in [0.4, 0.5) is 0 Å². The standard InChI is InChI=1S/C18H21N3O2/c1-23-17-5-3-2-4-16(17)18(22)21-12-10-20(11-13-21)14-15-6-8-19-9-7-15/h2-9H,10-14H2,1H3. The van der Waals surface area contributed by atoms with Gasteiger partial charge in [-0.3, -0.25) is 14.7 Å². The second-order valence-corrected chi connectivity index (χ2v) is 5.62. The minimum Gasteiger partial charge on any atom is -0.496 e. The lowest BCUT2D eigenvalue weighted by molar-refractivity contribution is 0.0625. The predicted octanol–water partition coefficient (Wildman–Crippen LogP) is 2.05. The lowest BCUT2D eigenvalue weighted by atomic mass is 10.1. The minimum absolute atomic E-state index is 0.0472. The van der Waals surface area contributed by atoms with Crippen LogP contribution >= 0.6 is 0 Å². The van der Waals surface area contributed by atoms with Crippen LogP contribution in [-0.2, 0) is 6.54 Å². The van der Waals surface area contributed by atoms with Gasteiger partial charge in [0.1, 0.15) is 5.75 Å². The number of aromatic nitrogens is 1. The Morgan fingerprint density at radius 2 is 1.78 bits per heavy atom. The maximum absolute atomic E-state index is 12.7. The van der Waals surface area contributed by atoms with Crippen LogP contribution in [0.15, 0.2) is 48.8 Å². The molecule has 0 saturated carbocycles. The number of rotatable bonds is 4. The molecule has 23 heavy (non-hydrogen) atoms. The van der Waals surface area contributed by atoms with Crippen LogP contribution in [0, 0.1) is 0 Å². The lowest BCUT2D eigenvalue weighted by Gasteiger charge is -2.35. The highest BCUT2D eigenvalue weighted by atomic mass is 16.5. The minimum atomic E-state index is 0.0472. The molecule has 1 fully saturated rings. The van der Waals surface area contributed by atoms with E-state index >= 15 is 0 Å². The maximum Gasteiger partial charge on any atom is 0.257 e. The van der Waals surface area contributed by atoms with Gasteiger partial charge in [-0.25, -0.2) is 0 Å². The molecule has 0 radical (unpaired) electrons. The van der Waals surface area contributed by atoms with Gasteiger partial charge in [0.15, 0.2) is 0 Å². The molecule has 5 nitrogen and oxygen atoms in total. The molecule has 0 spiro atoms. The predicted molar refractivity (Wildman–Crippen MR) is 88.4 cm³/mol. The maximum atomic E-state index is 12.7. The third kappa shape index (κ3) is 3.68. The van der Waals surface area contributed by atoms with Crippen molar-refractivity contribution in [1.82, 2.24) is 14.8 Å². The fraction of sp³-hybridized carbons (Fsp3) is 0.333. The van der Waals surface area contributed by atoms with E-state index in [-0.39, 0.29) is 5.91 Å². The zero-order chi connectivity index (χ0) is 16.1. The van der Waals surface area contributed by atoms with Gasteiger partial charge in [-0.2, -0.15) is 0 Å². The SMILES string of the molecule is COc1ccccc1C(=O)N1CCN(Cc2ccncc2)CC1. The number of piperazine rings is 1. The molecule has 1 saturated heterocycles. The number of carbonyl (C=O) groups excluding carboxylic acids is 1. The molecule has 0 N–H and O–H groups in total. The van der Waals surface area contributed by atoms with Crippen molar-refractivity contribution in [2.45, 2.75) is 6.54 Å². The van der Waals surface area contributed by atoms with E-state index in [1.165, 1.54) is 5.56 Å². The van der Waals surface area contributed by atoms with Crippen LogP contribution in [0.3, 0.4) is 0 Å². The number of amides is 1. The molecule has 0 bridgehead atoms. The molecule has 1 aliphatic heterocycles.